The molecule has 4 aromatic carbocycles. The minimum atomic E-state index is -3.53. The molecule has 8 rings (SSSR count). The number of ether oxygens (including phenoxy) is 2. The van der Waals surface area contributed by atoms with Crippen molar-refractivity contribution in [1.29, 1.82) is 0 Å². The van der Waals surface area contributed by atoms with Crippen LogP contribution in [0.2, 0.25) is 0 Å². The number of cyclic esters (lactones) is 1. The summed E-state index contributed by atoms with van der Waals surface area (Å²) in [7, 11) is -6.98. The van der Waals surface area contributed by atoms with Crippen LogP contribution in [0.1, 0.15) is 93.0 Å². The number of benzene rings is 4. The lowest BCUT2D eigenvalue weighted by molar-refractivity contribution is 0.0986. The van der Waals surface area contributed by atoms with E-state index in [9.17, 15) is 21.6 Å². The fourth-order valence-electron chi connectivity index (χ4n) is 8.46. The van der Waals surface area contributed by atoms with Crippen molar-refractivity contribution in [1.82, 2.24) is 8.61 Å². The summed E-state index contributed by atoms with van der Waals surface area (Å²) in [6, 6.07) is 28.7. The summed E-state index contributed by atoms with van der Waals surface area (Å²) < 4.78 is 66.5. The molecule has 0 aliphatic carbocycles. The van der Waals surface area contributed by atoms with E-state index >= 15 is 0 Å². The number of amides is 1. The van der Waals surface area contributed by atoms with Gasteiger partial charge in [-0.15, -0.1) is 0 Å². The van der Waals surface area contributed by atoms with Gasteiger partial charge in [0.2, 0.25) is 20.0 Å². The molecular weight excluding hydrogens is 773 g/mol. The summed E-state index contributed by atoms with van der Waals surface area (Å²) >= 11 is 0. The summed E-state index contributed by atoms with van der Waals surface area (Å²) in [4.78, 5) is 17.2. The summed E-state index contributed by atoms with van der Waals surface area (Å²) in [6.45, 7) is 13.9. The van der Waals surface area contributed by atoms with Crippen molar-refractivity contribution in [2.24, 2.45) is 0 Å². The van der Waals surface area contributed by atoms with E-state index in [1.54, 1.807) is 33.5 Å². The molecule has 4 aromatic rings. The maximum atomic E-state index is 13.1. The largest absolute Gasteiger partial charge is 0.444 e. The van der Waals surface area contributed by atoms with E-state index in [1.165, 1.54) is 21.1 Å². The maximum Gasteiger partial charge on any atom is 0.414 e. The van der Waals surface area contributed by atoms with E-state index in [2.05, 4.69) is 57.7 Å². The van der Waals surface area contributed by atoms with Crippen molar-refractivity contribution in [2.75, 3.05) is 42.7 Å². The molecule has 2 fully saturated rings. The number of hydrogen-bond acceptors (Lipinski definition) is 8. The Kier molecular flexibility index (Phi) is 12.7. The third kappa shape index (κ3) is 8.70. The van der Waals surface area contributed by atoms with Gasteiger partial charge in [-0.2, -0.15) is 8.61 Å². The molecule has 310 valence electrons. The van der Waals surface area contributed by atoms with Crippen molar-refractivity contribution in [3.05, 3.63) is 119 Å². The molecule has 4 aliphatic rings. The maximum absolute atomic E-state index is 13.1. The molecule has 0 unspecified atom stereocenters. The average molecular weight is 829 g/mol. The molecule has 13 heteroatoms. The average Bonchev–Trinajstić information content (AvgIpc) is 3.24. The fraction of sp³-hybridized carbons (Fsp3) is 0.444. The van der Waals surface area contributed by atoms with Crippen LogP contribution in [0.3, 0.4) is 0 Å². The van der Waals surface area contributed by atoms with E-state index in [0.717, 1.165) is 35.2 Å². The lowest BCUT2D eigenvalue weighted by atomic mass is 10.00. The second-order valence-corrected chi connectivity index (χ2v) is 20.2. The molecule has 2 saturated heterocycles. The molecule has 0 aromatic heterocycles. The molecule has 0 radical (unpaired) electrons. The number of nitrogens with zero attached hydrogens (tertiary/aromatic N) is 4. The Bertz CT molecular complexity index is 2280. The number of carbonyl (C=O) groups is 1. The minimum Gasteiger partial charge on any atom is -0.444 e. The van der Waals surface area contributed by atoms with Gasteiger partial charge in [0.05, 0.1) is 22.1 Å². The van der Waals surface area contributed by atoms with Crippen LogP contribution >= 0.6 is 0 Å². The topological polar surface area (TPSA) is 117 Å². The van der Waals surface area contributed by atoms with E-state index in [1.807, 2.05) is 48.5 Å². The van der Waals surface area contributed by atoms with Gasteiger partial charge in [0, 0.05) is 55.1 Å². The molecule has 0 atom stereocenters. The summed E-state index contributed by atoms with van der Waals surface area (Å²) in [5, 5.41) is 0. The van der Waals surface area contributed by atoms with Crippen molar-refractivity contribution in [2.45, 2.75) is 107 Å². The van der Waals surface area contributed by atoms with Crippen LogP contribution in [0.4, 0.5) is 16.2 Å². The SMILES string of the molecule is CC(C)c1ccc(S(=O)(=O)N2CCC(N3C(=O)OCc4ccccc43)CC2)cc1.Cc1cccc2c1N(C1CCN(S(=O)(=O)c3ccc(C(C)C)cc3)CC1)COC2. The molecule has 1 amide bonds. The number of para-hydroxylation sites is 2. The summed E-state index contributed by atoms with van der Waals surface area (Å²) in [5.74, 6) is 0.746. The predicted octanol–water partition coefficient (Wildman–Crippen LogP) is 8.39. The second kappa shape index (κ2) is 17.5. The monoisotopic (exact) mass is 828 g/mol. The van der Waals surface area contributed by atoms with Crippen molar-refractivity contribution in [3.63, 3.8) is 0 Å². The quantitative estimate of drug-likeness (QED) is 0.174. The smallest absolute Gasteiger partial charge is 0.414 e. The van der Waals surface area contributed by atoms with Crippen molar-refractivity contribution >= 4 is 37.5 Å². The predicted molar refractivity (Wildman–Crippen MR) is 227 cm³/mol. The zero-order valence-corrected chi connectivity index (χ0v) is 35.8. The first kappa shape index (κ1) is 41.9. The first-order valence-electron chi connectivity index (χ1n) is 20.4. The van der Waals surface area contributed by atoms with E-state index < -0.39 is 20.0 Å². The first-order valence-corrected chi connectivity index (χ1v) is 23.3. The highest BCUT2D eigenvalue weighted by atomic mass is 32.2. The van der Waals surface area contributed by atoms with Gasteiger partial charge in [-0.3, -0.25) is 4.90 Å². The molecule has 4 aliphatic heterocycles. The highest BCUT2D eigenvalue weighted by molar-refractivity contribution is 7.89. The third-order valence-electron chi connectivity index (χ3n) is 11.9. The van der Waals surface area contributed by atoms with Gasteiger partial charge in [-0.1, -0.05) is 88.4 Å². The minimum absolute atomic E-state index is 0.0706. The van der Waals surface area contributed by atoms with Crippen LogP contribution in [0.25, 0.3) is 0 Å². The Morgan fingerprint density at radius 2 is 1.10 bits per heavy atom. The van der Waals surface area contributed by atoms with Crippen LogP contribution in [-0.2, 0) is 42.7 Å². The van der Waals surface area contributed by atoms with Crippen molar-refractivity contribution in [3.8, 4) is 0 Å². The van der Waals surface area contributed by atoms with E-state index in [-0.39, 0.29) is 18.7 Å². The Hall–Kier alpha value is -4.27. The highest BCUT2D eigenvalue weighted by Gasteiger charge is 2.37. The van der Waals surface area contributed by atoms with Gasteiger partial charge >= 0.3 is 6.09 Å². The standard InChI is InChI=1S/C23H30N2O3S.C22H26N2O4S/c1-17(2)19-7-9-22(10-8-19)29(26,27)24-13-11-21(12-14-24)25-16-28-15-20-6-4-5-18(3)23(20)25;1-16(2)17-7-9-20(10-8-17)29(26,27)23-13-11-19(12-14-23)24-21-6-4-3-5-18(21)15-28-22(24)25/h4-10,17,21H,11-16H2,1-3H3;3-10,16,19H,11-15H2,1-2H3. The lowest BCUT2D eigenvalue weighted by Gasteiger charge is -2.42. The molecule has 58 heavy (non-hydrogen) atoms. The number of carbonyl (C=O) groups excluding carboxylic acids is 1. The van der Waals surface area contributed by atoms with Crippen LogP contribution in [0.15, 0.2) is 101 Å². The number of anilines is 2. The number of aryl methyl sites for hydroxylation is 1. The third-order valence-corrected chi connectivity index (χ3v) is 15.7. The number of piperidine rings is 2. The van der Waals surface area contributed by atoms with Gasteiger partial charge in [0.25, 0.3) is 0 Å². The van der Waals surface area contributed by atoms with Crippen LogP contribution < -0.4 is 9.80 Å². The Morgan fingerprint density at radius 3 is 1.64 bits per heavy atom. The van der Waals surface area contributed by atoms with Gasteiger partial charge in [0.1, 0.15) is 13.3 Å². The lowest BCUT2D eigenvalue weighted by Crippen LogP contribution is -2.50. The highest BCUT2D eigenvalue weighted by Crippen LogP contribution is 2.36. The molecular formula is C45H56N4O7S2. The Labute approximate surface area is 344 Å². The number of fused-ring (bicyclic) bond motifs is 2. The summed E-state index contributed by atoms with van der Waals surface area (Å²) in [6.07, 6.45) is 2.41. The van der Waals surface area contributed by atoms with Gasteiger partial charge in [-0.05, 0) is 91.5 Å². The zero-order valence-electron chi connectivity index (χ0n) is 34.2. The molecule has 0 N–H and O–H groups in total. The summed E-state index contributed by atoms with van der Waals surface area (Å²) in [5.41, 5.74) is 7.86. The van der Waals surface area contributed by atoms with E-state index in [4.69, 9.17) is 9.47 Å². The van der Waals surface area contributed by atoms with Gasteiger partial charge < -0.3 is 14.4 Å². The normalized spacial score (nSPS) is 18.7. The van der Waals surface area contributed by atoms with Crippen LogP contribution in [0, 0.1) is 6.92 Å². The molecule has 0 bridgehead atoms. The zero-order chi connectivity index (χ0) is 41.2. The molecule has 0 spiro atoms. The Morgan fingerprint density at radius 1 is 0.603 bits per heavy atom. The van der Waals surface area contributed by atoms with E-state index in [0.29, 0.717) is 80.0 Å². The van der Waals surface area contributed by atoms with Crippen molar-refractivity contribution < 1.29 is 31.1 Å². The molecule has 0 saturated carbocycles. The molecule has 4 heterocycles. The number of rotatable bonds is 8. The van der Waals surface area contributed by atoms with Crippen LogP contribution in [-0.4, -0.2) is 76.5 Å². The number of sulfonamides is 2. The van der Waals surface area contributed by atoms with Gasteiger partial charge in [0.15, 0.2) is 0 Å². The van der Waals surface area contributed by atoms with Crippen LogP contribution in [0.5, 0.6) is 0 Å². The first-order chi connectivity index (χ1) is 27.8. The molecule has 11 nitrogen and oxygen atoms in total. The number of hydrogen-bond donors (Lipinski definition) is 0. The van der Waals surface area contributed by atoms with Gasteiger partial charge in [-0.25, -0.2) is 21.6 Å². The second-order valence-electron chi connectivity index (χ2n) is 16.3. The Balaban J connectivity index is 0.000000177. The fourth-order valence-corrected chi connectivity index (χ4v) is 11.4.